The molecule has 10 heteroatoms. The van der Waals surface area contributed by atoms with E-state index in [1.54, 1.807) is 60.7 Å². The number of aromatic nitrogens is 2. The smallest absolute Gasteiger partial charge is 0.331 e. The van der Waals surface area contributed by atoms with Crippen LogP contribution in [0.15, 0.2) is 76.3 Å². The SMILES string of the molecule is COCCn1c(=O)c2cc(NC(=O)Nc3cccc(C(C)=O)c3)ccc2n(Cc2ccc(C#N)cc2)c1=O. The number of hydrogen-bond acceptors (Lipinski definition) is 6. The third kappa shape index (κ3) is 5.69. The van der Waals surface area contributed by atoms with Gasteiger partial charge in [0.25, 0.3) is 5.56 Å². The van der Waals surface area contributed by atoms with E-state index in [-0.39, 0.29) is 30.9 Å². The zero-order chi connectivity index (χ0) is 27.2. The highest BCUT2D eigenvalue weighted by Gasteiger charge is 2.15. The summed E-state index contributed by atoms with van der Waals surface area (Å²) in [6.07, 6.45) is 0. The van der Waals surface area contributed by atoms with Crippen LogP contribution in [0.4, 0.5) is 16.2 Å². The second-order valence-corrected chi connectivity index (χ2v) is 8.58. The highest BCUT2D eigenvalue weighted by atomic mass is 16.5. The lowest BCUT2D eigenvalue weighted by Gasteiger charge is -2.15. The molecule has 2 N–H and O–H groups in total. The van der Waals surface area contributed by atoms with Crippen LogP contribution in [0, 0.1) is 11.3 Å². The lowest BCUT2D eigenvalue weighted by atomic mass is 10.1. The molecule has 1 heterocycles. The molecule has 4 rings (SSSR count). The van der Waals surface area contributed by atoms with Gasteiger partial charge < -0.3 is 15.4 Å². The lowest BCUT2D eigenvalue weighted by molar-refractivity contribution is 0.101. The Balaban J connectivity index is 1.69. The van der Waals surface area contributed by atoms with Crippen molar-refractivity contribution in [3.8, 4) is 6.07 Å². The zero-order valence-corrected chi connectivity index (χ0v) is 20.9. The molecule has 2 amide bonds. The normalized spacial score (nSPS) is 10.7. The predicted octanol–water partition coefficient (Wildman–Crippen LogP) is 3.58. The Labute approximate surface area is 217 Å². The van der Waals surface area contributed by atoms with Crippen LogP contribution in [0.2, 0.25) is 0 Å². The first-order valence-corrected chi connectivity index (χ1v) is 11.7. The van der Waals surface area contributed by atoms with Crippen molar-refractivity contribution in [3.05, 3.63) is 104 Å². The van der Waals surface area contributed by atoms with E-state index in [0.717, 1.165) is 10.1 Å². The summed E-state index contributed by atoms with van der Waals surface area (Å²) in [5.41, 5.74) is 1.93. The average molecular weight is 512 g/mol. The molecule has 3 aromatic carbocycles. The molecule has 0 fully saturated rings. The third-order valence-electron chi connectivity index (χ3n) is 5.95. The summed E-state index contributed by atoms with van der Waals surface area (Å²) >= 11 is 0. The zero-order valence-electron chi connectivity index (χ0n) is 20.9. The van der Waals surface area contributed by atoms with Gasteiger partial charge in [-0.2, -0.15) is 5.26 Å². The lowest BCUT2D eigenvalue weighted by Crippen LogP contribution is -2.41. The standard InChI is InChI=1S/C28H25N5O5/c1-18(34)21-4-3-5-22(14-21)30-27(36)31-23-10-11-25-24(15-23)26(35)32(12-13-38-2)28(37)33(25)17-20-8-6-19(16-29)7-9-20/h3-11,14-15H,12-13,17H2,1-2H3,(H2,30,31,36). The summed E-state index contributed by atoms with van der Waals surface area (Å²) in [5, 5.41) is 14.7. The van der Waals surface area contributed by atoms with E-state index in [4.69, 9.17) is 10.00 Å². The molecule has 192 valence electrons. The van der Waals surface area contributed by atoms with Crippen molar-refractivity contribution < 1.29 is 14.3 Å². The maximum absolute atomic E-state index is 13.3. The topological polar surface area (TPSA) is 135 Å². The molecule has 0 radical (unpaired) electrons. The van der Waals surface area contributed by atoms with E-state index >= 15 is 0 Å². The van der Waals surface area contributed by atoms with Gasteiger partial charge in [-0.1, -0.05) is 24.3 Å². The van der Waals surface area contributed by atoms with Gasteiger partial charge in [0.1, 0.15) is 0 Å². The fourth-order valence-corrected chi connectivity index (χ4v) is 4.01. The number of nitriles is 1. The van der Waals surface area contributed by atoms with Crippen molar-refractivity contribution in [1.29, 1.82) is 5.26 Å². The van der Waals surface area contributed by atoms with Crippen LogP contribution in [0.3, 0.4) is 0 Å². The van der Waals surface area contributed by atoms with Crippen LogP contribution in [0.25, 0.3) is 10.9 Å². The molecule has 0 spiro atoms. The van der Waals surface area contributed by atoms with Gasteiger partial charge >= 0.3 is 11.7 Å². The molecule has 0 bridgehead atoms. The molecule has 0 aliphatic carbocycles. The number of Topliss-reactive ketones (excluding diaryl/α,β-unsaturated/α-hetero) is 1. The molecule has 0 saturated heterocycles. The summed E-state index contributed by atoms with van der Waals surface area (Å²) in [4.78, 5) is 50.8. The Morgan fingerprint density at radius 2 is 1.66 bits per heavy atom. The van der Waals surface area contributed by atoms with E-state index in [1.165, 1.54) is 24.7 Å². The van der Waals surface area contributed by atoms with Gasteiger partial charge in [-0.25, -0.2) is 9.59 Å². The average Bonchev–Trinajstić information content (AvgIpc) is 2.91. The van der Waals surface area contributed by atoms with Crippen LogP contribution < -0.4 is 21.9 Å². The van der Waals surface area contributed by atoms with Crippen molar-refractivity contribution >= 4 is 34.1 Å². The Morgan fingerprint density at radius 3 is 2.32 bits per heavy atom. The molecular weight excluding hydrogens is 486 g/mol. The first-order valence-electron chi connectivity index (χ1n) is 11.7. The Hall–Kier alpha value is -5.01. The third-order valence-corrected chi connectivity index (χ3v) is 5.95. The number of nitrogens with zero attached hydrogens (tertiary/aromatic N) is 3. The predicted molar refractivity (Wildman–Crippen MR) is 144 cm³/mol. The second-order valence-electron chi connectivity index (χ2n) is 8.58. The van der Waals surface area contributed by atoms with Crippen LogP contribution in [0.1, 0.15) is 28.4 Å². The van der Waals surface area contributed by atoms with Crippen LogP contribution >= 0.6 is 0 Å². The number of ketones is 1. The van der Waals surface area contributed by atoms with Crippen molar-refractivity contribution in [3.63, 3.8) is 0 Å². The van der Waals surface area contributed by atoms with Gasteiger partial charge in [0.15, 0.2) is 5.78 Å². The van der Waals surface area contributed by atoms with Gasteiger partial charge in [0, 0.05) is 24.0 Å². The number of amides is 2. The summed E-state index contributed by atoms with van der Waals surface area (Å²) in [7, 11) is 1.48. The Bertz CT molecular complexity index is 1680. The number of carbonyl (C=O) groups excluding carboxylic acids is 2. The molecule has 0 aliphatic heterocycles. The minimum absolute atomic E-state index is 0.0576. The molecule has 1 aromatic heterocycles. The number of rotatable bonds is 8. The number of nitrogens with one attached hydrogen (secondary N) is 2. The number of benzene rings is 3. The van der Waals surface area contributed by atoms with E-state index in [0.29, 0.717) is 28.0 Å². The van der Waals surface area contributed by atoms with Crippen molar-refractivity contribution in [1.82, 2.24) is 9.13 Å². The number of fused-ring (bicyclic) bond motifs is 1. The van der Waals surface area contributed by atoms with Gasteiger partial charge in [0.05, 0.1) is 42.2 Å². The van der Waals surface area contributed by atoms with E-state index in [1.807, 2.05) is 0 Å². The van der Waals surface area contributed by atoms with E-state index in [9.17, 15) is 19.2 Å². The first kappa shape index (κ1) is 26.1. The van der Waals surface area contributed by atoms with Crippen molar-refractivity contribution in [2.24, 2.45) is 0 Å². The first-order chi connectivity index (χ1) is 18.3. The summed E-state index contributed by atoms with van der Waals surface area (Å²) < 4.78 is 7.66. The molecule has 0 saturated carbocycles. The van der Waals surface area contributed by atoms with E-state index in [2.05, 4.69) is 16.7 Å². The quantitative estimate of drug-likeness (QED) is 0.347. The molecule has 38 heavy (non-hydrogen) atoms. The van der Waals surface area contributed by atoms with Crippen LogP contribution in [0.5, 0.6) is 0 Å². The highest BCUT2D eigenvalue weighted by Crippen LogP contribution is 2.18. The van der Waals surface area contributed by atoms with Crippen molar-refractivity contribution in [2.45, 2.75) is 20.0 Å². The molecule has 0 aliphatic rings. The Morgan fingerprint density at radius 1 is 0.947 bits per heavy atom. The minimum atomic E-state index is -0.560. The Kier molecular flexibility index (Phi) is 7.80. The maximum atomic E-state index is 13.3. The number of hydrogen-bond donors (Lipinski definition) is 2. The maximum Gasteiger partial charge on any atom is 0.331 e. The van der Waals surface area contributed by atoms with Gasteiger partial charge in [-0.15, -0.1) is 0 Å². The number of ether oxygens (including phenoxy) is 1. The summed E-state index contributed by atoms with van der Waals surface area (Å²) in [6, 6.07) is 19.6. The number of urea groups is 1. The molecular formula is C28H25N5O5. The van der Waals surface area contributed by atoms with Crippen molar-refractivity contribution in [2.75, 3.05) is 24.4 Å². The fourth-order valence-electron chi connectivity index (χ4n) is 4.01. The van der Waals surface area contributed by atoms with Crippen LogP contribution in [-0.2, 0) is 17.8 Å². The summed E-state index contributed by atoms with van der Waals surface area (Å²) in [6.45, 7) is 1.84. The molecule has 10 nitrogen and oxygen atoms in total. The van der Waals surface area contributed by atoms with Gasteiger partial charge in [-0.05, 0) is 55.0 Å². The van der Waals surface area contributed by atoms with Gasteiger partial charge in [0.2, 0.25) is 0 Å². The number of anilines is 2. The highest BCUT2D eigenvalue weighted by molar-refractivity contribution is 6.02. The second kappa shape index (κ2) is 11.4. The van der Waals surface area contributed by atoms with Crippen LogP contribution in [-0.4, -0.2) is 34.7 Å². The molecule has 0 unspecified atom stereocenters. The minimum Gasteiger partial charge on any atom is -0.383 e. The monoisotopic (exact) mass is 511 g/mol. The summed E-state index contributed by atoms with van der Waals surface area (Å²) in [5.74, 6) is -0.125. The van der Waals surface area contributed by atoms with Gasteiger partial charge in [-0.3, -0.25) is 18.7 Å². The number of carbonyl (C=O) groups is 2. The molecule has 0 atom stereocenters. The molecule has 4 aromatic rings. The fraction of sp³-hybridized carbons (Fsp3) is 0.179. The largest absolute Gasteiger partial charge is 0.383 e. The van der Waals surface area contributed by atoms with E-state index < -0.39 is 17.3 Å². The number of methoxy groups -OCH3 is 1.